The molecule has 0 aliphatic heterocycles. The maximum Gasteiger partial charge on any atom is 0.223 e. The van der Waals surface area contributed by atoms with Gasteiger partial charge in [-0.15, -0.1) is 0 Å². The molecular formula is C15H23BrN2O2. The van der Waals surface area contributed by atoms with Gasteiger partial charge in [0.05, 0.1) is 17.5 Å². The third-order valence-electron chi connectivity index (χ3n) is 2.71. The normalized spacial score (nSPS) is 11.2. The highest BCUT2D eigenvalue weighted by Crippen LogP contribution is 2.29. The van der Waals surface area contributed by atoms with Crippen molar-refractivity contribution in [2.75, 3.05) is 13.7 Å². The number of rotatable bonds is 6. The number of ether oxygens (including phenoxy) is 1. The van der Waals surface area contributed by atoms with Crippen molar-refractivity contribution >= 4 is 21.8 Å². The summed E-state index contributed by atoms with van der Waals surface area (Å²) < 4.78 is 6.66. The second kappa shape index (κ2) is 7.64. The van der Waals surface area contributed by atoms with Crippen molar-refractivity contribution in [3.63, 3.8) is 0 Å². The molecule has 0 aliphatic rings. The number of amides is 1. The van der Waals surface area contributed by atoms with Crippen molar-refractivity contribution in [2.45, 2.75) is 39.3 Å². The highest BCUT2D eigenvalue weighted by atomic mass is 79.9. The molecule has 1 rings (SSSR count). The fourth-order valence-corrected chi connectivity index (χ4v) is 2.11. The van der Waals surface area contributed by atoms with Crippen LogP contribution in [0.25, 0.3) is 0 Å². The first-order valence-corrected chi connectivity index (χ1v) is 7.48. The van der Waals surface area contributed by atoms with Gasteiger partial charge in [0.25, 0.3) is 0 Å². The summed E-state index contributed by atoms with van der Waals surface area (Å²) in [6.07, 6.45) is 0.351. The monoisotopic (exact) mass is 342 g/mol. The number of halogens is 1. The Labute approximate surface area is 129 Å². The molecule has 0 atom stereocenters. The van der Waals surface area contributed by atoms with E-state index in [1.807, 2.05) is 18.2 Å². The Balaban J connectivity index is 2.70. The van der Waals surface area contributed by atoms with Gasteiger partial charge in [0.1, 0.15) is 5.75 Å². The molecule has 0 aliphatic carbocycles. The number of benzene rings is 1. The van der Waals surface area contributed by atoms with Gasteiger partial charge in [-0.2, -0.15) is 0 Å². The van der Waals surface area contributed by atoms with Crippen molar-refractivity contribution in [3.05, 3.63) is 28.2 Å². The number of nitrogens with one attached hydrogen (secondary N) is 2. The van der Waals surface area contributed by atoms with E-state index in [1.165, 1.54) is 0 Å². The Hall–Kier alpha value is -1.07. The molecule has 0 spiro atoms. The summed E-state index contributed by atoms with van der Waals surface area (Å²) in [5.41, 5.74) is 1.12. The molecule has 0 heterocycles. The highest BCUT2D eigenvalue weighted by molar-refractivity contribution is 9.10. The van der Waals surface area contributed by atoms with Crippen LogP contribution in [0.5, 0.6) is 5.75 Å². The topological polar surface area (TPSA) is 50.4 Å². The number of carbonyl (C=O) groups excluding carboxylic acids is 1. The average Bonchev–Trinajstić information content (AvgIpc) is 2.37. The second-order valence-corrected chi connectivity index (χ2v) is 6.46. The molecule has 0 fully saturated rings. The van der Waals surface area contributed by atoms with E-state index in [2.05, 4.69) is 47.3 Å². The van der Waals surface area contributed by atoms with Crippen LogP contribution in [0.2, 0.25) is 0 Å². The van der Waals surface area contributed by atoms with Gasteiger partial charge in [0.15, 0.2) is 0 Å². The van der Waals surface area contributed by atoms with Gasteiger partial charge >= 0.3 is 0 Å². The lowest BCUT2D eigenvalue weighted by molar-refractivity contribution is -0.121. The summed E-state index contributed by atoms with van der Waals surface area (Å²) in [5.74, 6) is 0.777. The minimum absolute atomic E-state index is 0.0218. The van der Waals surface area contributed by atoms with Crippen LogP contribution in [0.3, 0.4) is 0 Å². The van der Waals surface area contributed by atoms with Gasteiger partial charge in [-0.05, 0) is 42.8 Å². The molecule has 1 aromatic carbocycles. The highest BCUT2D eigenvalue weighted by Gasteiger charge is 2.13. The van der Waals surface area contributed by atoms with Crippen molar-refractivity contribution in [1.82, 2.24) is 10.6 Å². The second-order valence-electron chi connectivity index (χ2n) is 5.60. The van der Waals surface area contributed by atoms with Gasteiger partial charge in [0, 0.05) is 24.7 Å². The number of hydrogen-bond donors (Lipinski definition) is 2. The fourth-order valence-electron chi connectivity index (χ4n) is 1.59. The number of para-hydroxylation sites is 1. The maximum atomic E-state index is 11.2. The van der Waals surface area contributed by atoms with Gasteiger partial charge in [0.2, 0.25) is 5.91 Å². The standard InChI is InChI=1S/C15H23BrN2O2/c1-15(2,3)18-10-11-6-5-7-12(16)14(11)20-9-8-13(19)17-4/h5-7,18H,8-10H2,1-4H3,(H,17,19). The van der Waals surface area contributed by atoms with Crippen LogP contribution in [-0.2, 0) is 11.3 Å². The molecule has 0 saturated carbocycles. The predicted octanol–water partition coefficient (Wildman–Crippen LogP) is 2.85. The summed E-state index contributed by atoms with van der Waals surface area (Å²) in [7, 11) is 1.62. The molecule has 0 unspecified atom stereocenters. The minimum atomic E-state index is -0.0218. The van der Waals surface area contributed by atoms with E-state index in [-0.39, 0.29) is 11.4 Å². The SMILES string of the molecule is CNC(=O)CCOc1c(Br)cccc1CNC(C)(C)C. The van der Waals surface area contributed by atoms with E-state index in [4.69, 9.17) is 4.74 Å². The van der Waals surface area contributed by atoms with Crippen molar-refractivity contribution in [1.29, 1.82) is 0 Å². The third kappa shape index (κ3) is 5.92. The zero-order valence-corrected chi connectivity index (χ0v) is 14.1. The van der Waals surface area contributed by atoms with E-state index in [0.29, 0.717) is 13.0 Å². The first-order valence-electron chi connectivity index (χ1n) is 6.69. The first kappa shape index (κ1) is 17.0. The first-order chi connectivity index (χ1) is 9.33. The summed E-state index contributed by atoms with van der Waals surface area (Å²) in [4.78, 5) is 11.2. The molecule has 1 amide bonds. The Kier molecular flexibility index (Phi) is 6.49. The van der Waals surface area contributed by atoms with Crippen molar-refractivity contribution in [2.24, 2.45) is 0 Å². The minimum Gasteiger partial charge on any atom is -0.492 e. The van der Waals surface area contributed by atoms with E-state index in [1.54, 1.807) is 7.05 Å². The summed E-state index contributed by atoms with van der Waals surface area (Å²) in [5, 5.41) is 6.02. The van der Waals surface area contributed by atoms with Crippen molar-refractivity contribution < 1.29 is 9.53 Å². The van der Waals surface area contributed by atoms with Crippen LogP contribution in [0.1, 0.15) is 32.8 Å². The Bertz CT molecular complexity index is 456. The summed E-state index contributed by atoms with van der Waals surface area (Å²) in [6, 6.07) is 5.95. The van der Waals surface area contributed by atoms with Crippen LogP contribution in [-0.4, -0.2) is 25.1 Å². The molecule has 5 heteroatoms. The smallest absolute Gasteiger partial charge is 0.223 e. The molecule has 0 aromatic heterocycles. The lowest BCUT2D eigenvalue weighted by atomic mass is 10.1. The Morgan fingerprint density at radius 3 is 2.65 bits per heavy atom. The van der Waals surface area contributed by atoms with E-state index in [0.717, 1.165) is 22.3 Å². The molecule has 20 heavy (non-hydrogen) atoms. The Morgan fingerprint density at radius 2 is 2.05 bits per heavy atom. The quantitative estimate of drug-likeness (QED) is 0.835. The predicted molar refractivity (Wildman–Crippen MR) is 84.9 cm³/mol. The maximum absolute atomic E-state index is 11.2. The van der Waals surface area contributed by atoms with Crippen LogP contribution < -0.4 is 15.4 Å². The molecular weight excluding hydrogens is 320 g/mol. The lowest BCUT2D eigenvalue weighted by Crippen LogP contribution is -2.35. The van der Waals surface area contributed by atoms with Crippen LogP contribution in [0, 0.1) is 0 Å². The van der Waals surface area contributed by atoms with Crippen LogP contribution in [0.4, 0.5) is 0 Å². The summed E-state index contributed by atoms with van der Waals surface area (Å²) >= 11 is 3.50. The lowest BCUT2D eigenvalue weighted by Gasteiger charge is -2.22. The molecule has 1 aromatic rings. The average molecular weight is 343 g/mol. The largest absolute Gasteiger partial charge is 0.492 e. The molecule has 0 saturated heterocycles. The molecule has 0 bridgehead atoms. The third-order valence-corrected chi connectivity index (χ3v) is 3.34. The Morgan fingerprint density at radius 1 is 1.35 bits per heavy atom. The van der Waals surface area contributed by atoms with Gasteiger partial charge in [-0.1, -0.05) is 12.1 Å². The zero-order valence-electron chi connectivity index (χ0n) is 12.5. The van der Waals surface area contributed by atoms with E-state index < -0.39 is 0 Å². The molecule has 4 nitrogen and oxygen atoms in total. The number of carbonyl (C=O) groups is 1. The van der Waals surface area contributed by atoms with Gasteiger partial charge in [-0.25, -0.2) is 0 Å². The van der Waals surface area contributed by atoms with Crippen LogP contribution in [0.15, 0.2) is 22.7 Å². The van der Waals surface area contributed by atoms with E-state index >= 15 is 0 Å². The molecule has 2 N–H and O–H groups in total. The summed E-state index contributed by atoms with van der Waals surface area (Å²) in [6.45, 7) is 7.45. The molecule has 0 radical (unpaired) electrons. The van der Waals surface area contributed by atoms with Gasteiger partial charge < -0.3 is 15.4 Å². The number of hydrogen-bond acceptors (Lipinski definition) is 3. The van der Waals surface area contributed by atoms with Crippen molar-refractivity contribution in [3.8, 4) is 5.75 Å². The van der Waals surface area contributed by atoms with Gasteiger partial charge in [-0.3, -0.25) is 4.79 Å². The van der Waals surface area contributed by atoms with E-state index in [9.17, 15) is 4.79 Å². The zero-order chi connectivity index (χ0) is 15.2. The van der Waals surface area contributed by atoms with Crippen LogP contribution >= 0.6 is 15.9 Å². The molecule has 112 valence electrons. The fraction of sp³-hybridized carbons (Fsp3) is 0.533.